The number of rotatable bonds is 4. The van der Waals surface area contributed by atoms with Crippen molar-refractivity contribution in [3.63, 3.8) is 0 Å². The number of hydrogen-bond donors (Lipinski definition) is 2. The number of esters is 1. The first-order chi connectivity index (χ1) is 8.61. The lowest BCUT2D eigenvalue weighted by Gasteiger charge is -2.31. The van der Waals surface area contributed by atoms with Gasteiger partial charge in [0.25, 0.3) is 5.91 Å². The van der Waals surface area contributed by atoms with Crippen LogP contribution in [0.15, 0.2) is 11.1 Å². The highest BCUT2D eigenvalue weighted by Gasteiger charge is 2.38. The molecule has 18 heavy (non-hydrogen) atoms. The monoisotopic (exact) mass is 254 g/mol. The highest BCUT2D eigenvalue weighted by molar-refractivity contribution is 6.08. The Kier molecular flexibility index (Phi) is 3.61. The minimum Gasteiger partial charge on any atom is -0.437 e. The molecule has 3 amide bonds. The van der Waals surface area contributed by atoms with Crippen LogP contribution in [0.2, 0.25) is 0 Å². The summed E-state index contributed by atoms with van der Waals surface area (Å²) >= 11 is 0. The van der Waals surface area contributed by atoms with E-state index in [1.165, 1.54) is 0 Å². The summed E-state index contributed by atoms with van der Waals surface area (Å²) in [4.78, 5) is 34.3. The molecule has 2 aliphatic rings. The van der Waals surface area contributed by atoms with Gasteiger partial charge in [0.2, 0.25) is 6.23 Å². The second-order valence-electron chi connectivity index (χ2n) is 4.09. The van der Waals surface area contributed by atoms with Gasteiger partial charge in [-0.2, -0.15) is 0 Å². The van der Waals surface area contributed by atoms with E-state index >= 15 is 0 Å². The third-order valence-corrected chi connectivity index (χ3v) is 2.81. The van der Waals surface area contributed by atoms with E-state index in [0.29, 0.717) is 30.6 Å². The molecule has 0 aromatic heterocycles. The van der Waals surface area contributed by atoms with Crippen molar-refractivity contribution in [1.82, 2.24) is 10.6 Å². The summed E-state index contributed by atoms with van der Waals surface area (Å²) in [6, 6.07) is -0.653. The number of methoxy groups -OCH3 is 1. The number of hydrogen-bond acceptors (Lipinski definition) is 5. The molecular formula is C11H14N2O5. The third-order valence-electron chi connectivity index (χ3n) is 2.81. The normalized spacial score (nSPS) is 23.2. The van der Waals surface area contributed by atoms with Gasteiger partial charge in [-0.25, -0.2) is 4.79 Å². The molecule has 98 valence electrons. The van der Waals surface area contributed by atoms with Crippen LogP contribution in [-0.2, 0) is 19.1 Å². The molecule has 1 fully saturated rings. The highest BCUT2D eigenvalue weighted by Crippen LogP contribution is 2.26. The van der Waals surface area contributed by atoms with Gasteiger partial charge in [-0.05, 0) is 18.4 Å². The fourth-order valence-electron chi connectivity index (χ4n) is 2.05. The fraction of sp³-hybridized carbons (Fsp3) is 0.545. The van der Waals surface area contributed by atoms with Gasteiger partial charge in [0.1, 0.15) is 0 Å². The number of ether oxygens (including phenoxy) is 2. The first-order valence-corrected chi connectivity index (χ1v) is 5.64. The van der Waals surface area contributed by atoms with Crippen LogP contribution in [0, 0.1) is 0 Å². The Morgan fingerprint density at radius 3 is 2.89 bits per heavy atom. The number of urea groups is 1. The molecule has 1 unspecified atom stereocenters. The lowest BCUT2D eigenvalue weighted by molar-refractivity contribution is -0.150. The molecule has 2 rings (SSSR count). The summed E-state index contributed by atoms with van der Waals surface area (Å²) in [6.45, 7) is 0.546. The van der Waals surface area contributed by atoms with Crippen molar-refractivity contribution in [2.24, 2.45) is 0 Å². The predicted molar refractivity (Wildman–Crippen MR) is 59.3 cm³/mol. The van der Waals surface area contributed by atoms with Crippen molar-refractivity contribution in [3.8, 4) is 0 Å². The van der Waals surface area contributed by atoms with E-state index in [0.717, 1.165) is 0 Å². The SMILES string of the molecule is COCCCC1=C2C(=O)NC(=O)NC2OC(=O)C1. The highest BCUT2D eigenvalue weighted by atomic mass is 16.6. The van der Waals surface area contributed by atoms with Gasteiger partial charge in [0.15, 0.2) is 0 Å². The predicted octanol–water partition coefficient (Wildman–Crippen LogP) is -0.178. The van der Waals surface area contributed by atoms with E-state index in [-0.39, 0.29) is 6.42 Å². The van der Waals surface area contributed by atoms with Crippen molar-refractivity contribution in [3.05, 3.63) is 11.1 Å². The van der Waals surface area contributed by atoms with Crippen LogP contribution >= 0.6 is 0 Å². The van der Waals surface area contributed by atoms with E-state index < -0.39 is 24.1 Å². The molecule has 2 N–H and O–H groups in total. The van der Waals surface area contributed by atoms with Crippen LogP contribution in [0.25, 0.3) is 0 Å². The summed E-state index contributed by atoms with van der Waals surface area (Å²) < 4.78 is 9.88. The van der Waals surface area contributed by atoms with Crippen molar-refractivity contribution < 1.29 is 23.9 Å². The fourth-order valence-corrected chi connectivity index (χ4v) is 2.05. The molecule has 2 heterocycles. The smallest absolute Gasteiger partial charge is 0.324 e. The molecule has 1 atom stereocenters. The first kappa shape index (κ1) is 12.6. The van der Waals surface area contributed by atoms with Crippen molar-refractivity contribution in [2.45, 2.75) is 25.5 Å². The van der Waals surface area contributed by atoms with Crippen LogP contribution in [-0.4, -0.2) is 37.9 Å². The summed E-state index contributed by atoms with van der Waals surface area (Å²) in [5.41, 5.74) is 1.04. The zero-order chi connectivity index (χ0) is 13.1. The first-order valence-electron chi connectivity index (χ1n) is 5.64. The Labute approximate surface area is 103 Å². The number of amides is 3. The number of carbonyl (C=O) groups is 3. The Hall–Kier alpha value is -1.89. The maximum absolute atomic E-state index is 11.7. The molecule has 0 saturated carbocycles. The van der Waals surface area contributed by atoms with E-state index in [1.54, 1.807) is 7.11 Å². The molecule has 0 aliphatic carbocycles. The average molecular weight is 254 g/mol. The Morgan fingerprint density at radius 1 is 1.39 bits per heavy atom. The third kappa shape index (κ3) is 2.51. The van der Waals surface area contributed by atoms with E-state index in [1.807, 2.05) is 0 Å². The summed E-state index contributed by atoms with van der Waals surface area (Å²) in [6.07, 6.45) is 0.401. The lowest BCUT2D eigenvalue weighted by Crippen LogP contribution is -2.57. The van der Waals surface area contributed by atoms with Crippen LogP contribution in [0.5, 0.6) is 0 Å². The second-order valence-corrected chi connectivity index (χ2v) is 4.09. The Bertz CT molecular complexity index is 429. The number of imide groups is 1. The number of nitrogens with one attached hydrogen (secondary N) is 2. The van der Waals surface area contributed by atoms with Crippen LogP contribution in [0.1, 0.15) is 19.3 Å². The maximum atomic E-state index is 11.7. The lowest BCUT2D eigenvalue weighted by atomic mass is 9.95. The van der Waals surface area contributed by atoms with Gasteiger partial charge >= 0.3 is 12.0 Å². The molecule has 1 saturated heterocycles. The van der Waals surface area contributed by atoms with Crippen molar-refractivity contribution in [1.29, 1.82) is 0 Å². The zero-order valence-corrected chi connectivity index (χ0v) is 9.95. The number of carbonyl (C=O) groups excluding carboxylic acids is 3. The van der Waals surface area contributed by atoms with Gasteiger partial charge in [-0.3, -0.25) is 20.2 Å². The molecule has 7 nitrogen and oxygen atoms in total. The molecule has 0 bridgehead atoms. The van der Waals surface area contributed by atoms with Gasteiger partial charge in [-0.15, -0.1) is 0 Å². The minimum absolute atomic E-state index is 0.0822. The van der Waals surface area contributed by atoms with Gasteiger partial charge < -0.3 is 9.47 Å². The Balaban J connectivity index is 2.21. The maximum Gasteiger partial charge on any atom is 0.324 e. The van der Waals surface area contributed by atoms with Crippen LogP contribution in [0.3, 0.4) is 0 Å². The van der Waals surface area contributed by atoms with Crippen LogP contribution in [0.4, 0.5) is 4.79 Å². The van der Waals surface area contributed by atoms with Crippen LogP contribution < -0.4 is 10.6 Å². The van der Waals surface area contributed by atoms with E-state index in [9.17, 15) is 14.4 Å². The minimum atomic E-state index is -0.954. The molecule has 0 spiro atoms. The average Bonchev–Trinajstić information content (AvgIpc) is 2.27. The molecule has 2 aliphatic heterocycles. The summed E-state index contributed by atoms with van der Waals surface area (Å²) in [7, 11) is 1.59. The Morgan fingerprint density at radius 2 is 2.17 bits per heavy atom. The van der Waals surface area contributed by atoms with Gasteiger partial charge in [-0.1, -0.05) is 0 Å². The number of fused-ring (bicyclic) bond motifs is 1. The van der Waals surface area contributed by atoms with E-state index in [4.69, 9.17) is 9.47 Å². The van der Waals surface area contributed by atoms with Crippen molar-refractivity contribution in [2.75, 3.05) is 13.7 Å². The topological polar surface area (TPSA) is 93.7 Å². The van der Waals surface area contributed by atoms with Gasteiger partial charge in [0, 0.05) is 13.7 Å². The molecule has 7 heteroatoms. The zero-order valence-electron chi connectivity index (χ0n) is 9.95. The largest absolute Gasteiger partial charge is 0.437 e. The molecule has 0 aromatic rings. The van der Waals surface area contributed by atoms with E-state index in [2.05, 4.69) is 10.6 Å². The standard InChI is InChI=1S/C11H14N2O5/c1-17-4-2-3-6-5-7(14)18-10-8(6)9(15)12-11(16)13-10/h10H,2-5H2,1H3,(H2,12,13,15,16). The molecule has 0 aromatic carbocycles. The quantitative estimate of drug-likeness (QED) is 0.536. The molecular weight excluding hydrogens is 240 g/mol. The summed E-state index contributed by atoms with van der Waals surface area (Å²) in [5.74, 6) is -0.935. The second kappa shape index (κ2) is 5.18. The molecule has 0 radical (unpaired) electrons. The van der Waals surface area contributed by atoms with Gasteiger partial charge in [0.05, 0.1) is 12.0 Å². The summed E-state index contributed by atoms with van der Waals surface area (Å²) in [5, 5.41) is 4.54. The van der Waals surface area contributed by atoms with Crippen molar-refractivity contribution >= 4 is 17.9 Å².